The van der Waals surface area contributed by atoms with Crippen molar-refractivity contribution in [2.75, 3.05) is 11.9 Å². The quantitative estimate of drug-likeness (QED) is 0.518. The molecule has 1 aromatic heterocycles. The molecule has 1 saturated carbocycles. The lowest BCUT2D eigenvalue weighted by atomic mass is 9.96. The molecule has 0 bridgehead atoms. The minimum atomic E-state index is 0.0415. The second-order valence-corrected chi connectivity index (χ2v) is 10.1. The Kier molecular flexibility index (Phi) is 5.45. The molecule has 3 aliphatic rings. The van der Waals surface area contributed by atoms with Gasteiger partial charge < -0.3 is 10.6 Å². The van der Waals surface area contributed by atoms with E-state index in [1.807, 2.05) is 24.9 Å². The van der Waals surface area contributed by atoms with Gasteiger partial charge in [-0.1, -0.05) is 36.9 Å². The molecule has 2 aromatic carbocycles. The first kappa shape index (κ1) is 22.1. The number of aromatic nitrogens is 1. The van der Waals surface area contributed by atoms with Crippen LogP contribution in [0.4, 0.5) is 5.69 Å². The summed E-state index contributed by atoms with van der Waals surface area (Å²) in [7, 11) is 1.98. The van der Waals surface area contributed by atoms with Crippen LogP contribution in [0.3, 0.4) is 0 Å². The first-order valence-corrected chi connectivity index (χ1v) is 12.7. The molecular formula is C30H32N4O. The predicted molar refractivity (Wildman–Crippen MR) is 141 cm³/mol. The van der Waals surface area contributed by atoms with Gasteiger partial charge >= 0.3 is 0 Å². The number of rotatable bonds is 6. The number of amides is 1. The summed E-state index contributed by atoms with van der Waals surface area (Å²) >= 11 is 0. The van der Waals surface area contributed by atoms with Crippen LogP contribution in [-0.2, 0) is 19.4 Å². The number of allylic oxidation sites excluding steroid dienone is 2. The molecule has 0 radical (unpaired) electrons. The number of nitrogens with one attached hydrogen (secondary N) is 2. The summed E-state index contributed by atoms with van der Waals surface area (Å²) in [6.45, 7) is 7.06. The third kappa shape index (κ3) is 3.84. The number of piperidine rings is 1. The molecule has 5 nitrogen and oxygen atoms in total. The van der Waals surface area contributed by atoms with Gasteiger partial charge in [0.15, 0.2) is 0 Å². The smallest absolute Gasteiger partial charge is 0.259 e. The summed E-state index contributed by atoms with van der Waals surface area (Å²) in [6, 6.07) is 14.9. The van der Waals surface area contributed by atoms with Crippen molar-refractivity contribution in [3.8, 4) is 0 Å². The van der Waals surface area contributed by atoms with E-state index >= 15 is 0 Å². The minimum absolute atomic E-state index is 0.0415. The summed E-state index contributed by atoms with van der Waals surface area (Å²) in [5.41, 5.74) is 11.3. The Bertz CT molecular complexity index is 1400. The third-order valence-electron chi connectivity index (χ3n) is 7.57. The zero-order valence-corrected chi connectivity index (χ0v) is 20.6. The average molecular weight is 465 g/mol. The molecule has 1 saturated heterocycles. The van der Waals surface area contributed by atoms with Gasteiger partial charge in [-0.25, -0.2) is 0 Å². The van der Waals surface area contributed by atoms with Crippen LogP contribution in [0.15, 0.2) is 66.0 Å². The molecule has 2 fully saturated rings. The molecular weight excluding hydrogens is 432 g/mol. The zero-order valence-electron chi connectivity index (χ0n) is 20.6. The molecule has 2 N–H and O–H groups in total. The summed E-state index contributed by atoms with van der Waals surface area (Å²) in [5, 5.41) is 7.83. The van der Waals surface area contributed by atoms with E-state index in [-0.39, 0.29) is 11.9 Å². The highest BCUT2D eigenvalue weighted by molar-refractivity contribution is 6.25. The fourth-order valence-corrected chi connectivity index (χ4v) is 5.76. The van der Waals surface area contributed by atoms with Crippen LogP contribution in [0, 0.1) is 6.92 Å². The number of anilines is 1. The molecule has 1 amide bonds. The van der Waals surface area contributed by atoms with Gasteiger partial charge in [0.2, 0.25) is 0 Å². The number of pyridine rings is 1. The van der Waals surface area contributed by atoms with Crippen molar-refractivity contribution in [3.05, 3.63) is 94.0 Å². The molecule has 178 valence electrons. The molecule has 0 spiro atoms. The molecule has 1 unspecified atom stereocenters. The minimum Gasteiger partial charge on any atom is -0.361 e. The van der Waals surface area contributed by atoms with E-state index in [1.54, 1.807) is 0 Å². The number of carbonyl (C=O) groups is 1. The number of aryl methyl sites for hydroxylation is 3. The van der Waals surface area contributed by atoms with E-state index in [0.717, 1.165) is 78.6 Å². The second kappa shape index (κ2) is 8.65. The Balaban J connectivity index is 1.39. The normalized spacial score (nSPS) is 19.0. The van der Waals surface area contributed by atoms with E-state index in [4.69, 9.17) is 4.98 Å². The van der Waals surface area contributed by atoms with E-state index in [2.05, 4.69) is 53.6 Å². The summed E-state index contributed by atoms with van der Waals surface area (Å²) < 4.78 is 0. The number of hydrogen-bond donors (Lipinski definition) is 2. The van der Waals surface area contributed by atoms with Crippen molar-refractivity contribution >= 4 is 22.5 Å². The van der Waals surface area contributed by atoms with Crippen molar-refractivity contribution in [2.24, 2.45) is 0 Å². The fraction of sp³-hybridized carbons (Fsp3) is 0.333. The SMILES string of the molecule is C=C1CCC(N2C(=O)c3ccc(CCc4ccccc4CNC)c4nc(C)cc2c34)C(=C2CC2)N1. The maximum Gasteiger partial charge on any atom is 0.259 e. The lowest BCUT2D eigenvalue weighted by molar-refractivity contribution is 0.0984. The molecule has 2 aliphatic heterocycles. The molecule has 1 atom stereocenters. The van der Waals surface area contributed by atoms with Crippen molar-refractivity contribution in [3.63, 3.8) is 0 Å². The van der Waals surface area contributed by atoms with Gasteiger partial charge in [-0.2, -0.15) is 0 Å². The van der Waals surface area contributed by atoms with Gasteiger partial charge in [0.25, 0.3) is 5.91 Å². The van der Waals surface area contributed by atoms with Crippen LogP contribution in [0.2, 0.25) is 0 Å². The molecule has 35 heavy (non-hydrogen) atoms. The van der Waals surface area contributed by atoms with Crippen molar-refractivity contribution in [1.82, 2.24) is 15.6 Å². The number of nitrogens with zero attached hydrogens (tertiary/aromatic N) is 2. The monoisotopic (exact) mass is 464 g/mol. The molecule has 3 heterocycles. The summed E-state index contributed by atoms with van der Waals surface area (Å²) in [6.07, 6.45) is 5.85. The van der Waals surface area contributed by atoms with Crippen LogP contribution in [-0.4, -0.2) is 24.0 Å². The van der Waals surface area contributed by atoms with Gasteiger partial charge in [0, 0.05) is 29.0 Å². The average Bonchev–Trinajstić information content (AvgIpc) is 3.66. The second-order valence-electron chi connectivity index (χ2n) is 10.1. The van der Waals surface area contributed by atoms with Gasteiger partial charge in [0.1, 0.15) is 0 Å². The molecule has 6 rings (SSSR count). The standard InChI is InChI=1S/C30H32N4O/c1-18-8-15-25(28(32-18)21-11-12-21)34-26-16-19(2)33-29-22(13-14-24(27(26)29)30(34)35)10-9-20-6-4-5-7-23(20)17-31-3/h4-7,13-14,16,25,31-32H,1,8-12,15,17H2,2-3H3. The predicted octanol–water partition coefficient (Wildman–Crippen LogP) is 5.32. The fourth-order valence-electron chi connectivity index (χ4n) is 5.76. The highest BCUT2D eigenvalue weighted by Gasteiger charge is 2.40. The topological polar surface area (TPSA) is 57.3 Å². The number of benzene rings is 2. The van der Waals surface area contributed by atoms with E-state index in [1.165, 1.54) is 28.0 Å². The summed E-state index contributed by atoms with van der Waals surface area (Å²) in [5.74, 6) is 0.0985. The highest BCUT2D eigenvalue weighted by atomic mass is 16.2. The van der Waals surface area contributed by atoms with E-state index < -0.39 is 0 Å². The van der Waals surface area contributed by atoms with Crippen LogP contribution in [0.1, 0.15) is 58.4 Å². The van der Waals surface area contributed by atoms with E-state index in [0.29, 0.717) is 0 Å². The Morgan fingerprint density at radius 1 is 1.09 bits per heavy atom. The maximum atomic E-state index is 13.8. The first-order chi connectivity index (χ1) is 17.0. The third-order valence-corrected chi connectivity index (χ3v) is 7.57. The summed E-state index contributed by atoms with van der Waals surface area (Å²) in [4.78, 5) is 20.8. The lowest BCUT2D eigenvalue weighted by Crippen LogP contribution is -2.45. The van der Waals surface area contributed by atoms with Crippen LogP contribution < -0.4 is 15.5 Å². The van der Waals surface area contributed by atoms with Crippen molar-refractivity contribution < 1.29 is 4.79 Å². The van der Waals surface area contributed by atoms with Crippen LogP contribution >= 0.6 is 0 Å². The Morgan fingerprint density at radius 2 is 1.86 bits per heavy atom. The van der Waals surface area contributed by atoms with Crippen LogP contribution in [0.25, 0.3) is 10.9 Å². The van der Waals surface area contributed by atoms with E-state index in [9.17, 15) is 4.79 Å². The Labute approximate surface area is 206 Å². The van der Waals surface area contributed by atoms with Crippen molar-refractivity contribution in [2.45, 2.75) is 58.0 Å². The lowest BCUT2D eigenvalue weighted by Gasteiger charge is -2.35. The largest absolute Gasteiger partial charge is 0.361 e. The Hall–Kier alpha value is -3.44. The number of carbonyl (C=O) groups excluding carboxylic acids is 1. The molecule has 1 aliphatic carbocycles. The molecule has 3 aromatic rings. The Morgan fingerprint density at radius 3 is 2.63 bits per heavy atom. The van der Waals surface area contributed by atoms with Crippen molar-refractivity contribution in [1.29, 1.82) is 0 Å². The van der Waals surface area contributed by atoms with Gasteiger partial charge in [-0.3, -0.25) is 14.7 Å². The van der Waals surface area contributed by atoms with Gasteiger partial charge in [0.05, 0.1) is 22.8 Å². The van der Waals surface area contributed by atoms with Gasteiger partial charge in [-0.05, 0) is 86.9 Å². The highest BCUT2D eigenvalue weighted by Crippen LogP contribution is 2.44. The van der Waals surface area contributed by atoms with Crippen LogP contribution in [0.5, 0.6) is 0 Å². The number of hydrogen-bond acceptors (Lipinski definition) is 4. The first-order valence-electron chi connectivity index (χ1n) is 12.7. The molecule has 5 heteroatoms. The van der Waals surface area contributed by atoms with Gasteiger partial charge in [-0.15, -0.1) is 0 Å². The zero-order chi connectivity index (χ0) is 24.1. The maximum absolute atomic E-state index is 13.8.